The maximum absolute atomic E-state index is 13.4. The second kappa shape index (κ2) is 7.02. The molecule has 0 aliphatic carbocycles. The highest BCUT2D eigenvalue weighted by Crippen LogP contribution is 2.19. The molecule has 0 saturated heterocycles. The van der Waals surface area contributed by atoms with Crippen LogP contribution in [0.1, 0.15) is 10.4 Å². The van der Waals surface area contributed by atoms with Gasteiger partial charge in [0.05, 0.1) is 19.3 Å². The highest BCUT2D eigenvalue weighted by Gasteiger charge is 2.18. The number of carbonyl (C=O) groups is 2. The summed E-state index contributed by atoms with van der Waals surface area (Å²) in [4.78, 5) is 23.6. The first-order valence-electron chi connectivity index (χ1n) is 6.62. The van der Waals surface area contributed by atoms with Crippen molar-refractivity contribution in [3.63, 3.8) is 0 Å². The van der Waals surface area contributed by atoms with Crippen molar-refractivity contribution in [1.82, 2.24) is 15.1 Å². The summed E-state index contributed by atoms with van der Waals surface area (Å²) in [6, 6.07) is 1.55. The molecule has 0 unspecified atom stereocenters. The summed E-state index contributed by atoms with van der Waals surface area (Å²) in [5.41, 5.74) is -0.432. The van der Waals surface area contributed by atoms with Gasteiger partial charge in [0, 0.05) is 13.2 Å². The van der Waals surface area contributed by atoms with Gasteiger partial charge in [0.2, 0.25) is 11.8 Å². The third-order valence-corrected chi connectivity index (χ3v) is 2.95. The first-order chi connectivity index (χ1) is 11.3. The molecule has 10 heteroatoms. The number of ether oxygens (including phenoxy) is 1. The Kier molecular flexibility index (Phi) is 5.07. The lowest BCUT2D eigenvalue weighted by Crippen LogP contribution is -2.33. The fraction of sp³-hybridized carbons (Fsp3) is 0.214. The van der Waals surface area contributed by atoms with E-state index < -0.39 is 41.5 Å². The quantitative estimate of drug-likeness (QED) is 0.800. The Morgan fingerprint density at radius 3 is 2.62 bits per heavy atom. The number of rotatable bonds is 5. The number of aryl methyl sites for hydroxylation is 1. The molecule has 0 aliphatic rings. The van der Waals surface area contributed by atoms with Crippen LogP contribution in [-0.2, 0) is 11.8 Å². The molecule has 2 aromatic rings. The van der Waals surface area contributed by atoms with Gasteiger partial charge < -0.3 is 15.4 Å². The summed E-state index contributed by atoms with van der Waals surface area (Å²) < 4.78 is 45.6. The average molecular weight is 342 g/mol. The minimum Gasteiger partial charge on any atom is -0.479 e. The van der Waals surface area contributed by atoms with Crippen LogP contribution in [0.3, 0.4) is 0 Å². The molecule has 1 aromatic carbocycles. The zero-order chi connectivity index (χ0) is 17.9. The van der Waals surface area contributed by atoms with E-state index in [9.17, 15) is 22.8 Å². The fourth-order valence-corrected chi connectivity index (χ4v) is 1.85. The Balaban J connectivity index is 1.98. The fourth-order valence-electron chi connectivity index (χ4n) is 1.85. The van der Waals surface area contributed by atoms with Crippen molar-refractivity contribution in [3.8, 4) is 5.88 Å². The second-order valence-corrected chi connectivity index (χ2v) is 4.68. The molecule has 0 saturated carbocycles. The molecule has 2 amide bonds. The maximum atomic E-state index is 13.4. The van der Waals surface area contributed by atoms with Gasteiger partial charge in [-0.15, -0.1) is 5.10 Å². The van der Waals surface area contributed by atoms with Crippen LogP contribution in [0.15, 0.2) is 18.3 Å². The van der Waals surface area contributed by atoms with Crippen LogP contribution >= 0.6 is 0 Å². The van der Waals surface area contributed by atoms with Gasteiger partial charge in [0.1, 0.15) is 5.56 Å². The second-order valence-electron chi connectivity index (χ2n) is 4.68. The van der Waals surface area contributed by atoms with Crippen LogP contribution < -0.4 is 15.4 Å². The van der Waals surface area contributed by atoms with Crippen molar-refractivity contribution in [2.24, 2.45) is 7.05 Å². The van der Waals surface area contributed by atoms with Gasteiger partial charge in [0.25, 0.3) is 5.91 Å². The van der Waals surface area contributed by atoms with Gasteiger partial charge in [-0.1, -0.05) is 0 Å². The summed E-state index contributed by atoms with van der Waals surface area (Å²) in [5, 5.41) is 8.19. The summed E-state index contributed by atoms with van der Waals surface area (Å²) in [5.74, 6) is -5.98. The number of nitrogens with one attached hydrogen (secondary N) is 2. The van der Waals surface area contributed by atoms with Crippen LogP contribution in [0, 0.1) is 17.5 Å². The highest BCUT2D eigenvalue weighted by molar-refractivity contribution is 6.00. The normalized spacial score (nSPS) is 10.4. The lowest BCUT2D eigenvalue weighted by molar-refractivity contribution is -0.115. The summed E-state index contributed by atoms with van der Waals surface area (Å²) in [6.07, 6.45) is 1.39. The molecule has 1 heterocycles. The Morgan fingerprint density at radius 1 is 1.25 bits per heavy atom. The predicted molar refractivity (Wildman–Crippen MR) is 77.0 cm³/mol. The monoisotopic (exact) mass is 342 g/mol. The number of benzene rings is 1. The number of amides is 2. The highest BCUT2D eigenvalue weighted by atomic mass is 19.2. The van der Waals surface area contributed by atoms with Gasteiger partial charge in [0.15, 0.2) is 17.5 Å². The van der Waals surface area contributed by atoms with Crippen molar-refractivity contribution in [2.45, 2.75) is 0 Å². The van der Waals surface area contributed by atoms with Crippen molar-refractivity contribution in [2.75, 3.05) is 19.0 Å². The molecule has 2 rings (SSSR count). The van der Waals surface area contributed by atoms with E-state index >= 15 is 0 Å². The number of carbonyl (C=O) groups excluding carboxylic acids is 2. The number of aromatic nitrogens is 2. The van der Waals surface area contributed by atoms with Crippen LogP contribution in [0.4, 0.5) is 18.9 Å². The van der Waals surface area contributed by atoms with Crippen LogP contribution in [0.25, 0.3) is 0 Å². The van der Waals surface area contributed by atoms with E-state index in [-0.39, 0.29) is 11.4 Å². The van der Waals surface area contributed by atoms with E-state index in [0.717, 1.165) is 6.07 Å². The molecule has 7 nitrogen and oxygen atoms in total. The molecule has 0 radical (unpaired) electrons. The first kappa shape index (κ1) is 17.3. The molecule has 0 bridgehead atoms. The Labute approximate surface area is 134 Å². The molecule has 0 spiro atoms. The van der Waals surface area contributed by atoms with E-state index in [2.05, 4.69) is 10.4 Å². The van der Waals surface area contributed by atoms with Crippen molar-refractivity contribution < 1.29 is 27.5 Å². The minimum atomic E-state index is -1.70. The smallest absolute Gasteiger partial charge is 0.258 e. The van der Waals surface area contributed by atoms with Gasteiger partial charge in [-0.05, 0) is 12.1 Å². The predicted octanol–water partition coefficient (Wildman–Crippen LogP) is 1.21. The molecular formula is C14H13F3N4O3. The van der Waals surface area contributed by atoms with Crippen molar-refractivity contribution in [3.05, 3.63) is 41.3 Å². The molecule has 2 N–H and O–H groups in total. The number of nitrogens with zero attached hydrogens (tertiary/aromatic N) is 2. The maximum Gasteiger partial charge on any atom is 0.258 e. The third-order valence-electron chi connectivity index (χ3n) is 2.95. The molecule has 24 heavy (non-hydrogen) atoms. The zero-order valence-electron chi connectivity index (χ0n) is 12.7. The Morgan fingerprint density at radius 2 is 1.96 bits per heavy atom. The van der Waals surface area contributed by atoms with Crippen LogP contribution in [0.2, 0.25) is 0 Å². The van der Waals surface area contributed by atoms with Crippen molar-refractivity contribution in [1.29, 1.82) is 0 Å². The van der Waals surface area contributed by atoms with E-state index in [4.69, 9.17) is 4.74 Å². The number of hydrogen-bond acceptors (Lipinski definition) is 4. The largest absolute Gasteiger partial charge is 0.479 e. The number of methoxy groups -OCH3 is 1. The molecule has 0 atom stereocenters. The molecule has 1 aromatic heterocycles. The number of anilines is 1. The summed E-state index contributed by atoms with van der Waals surface area (Å²) in [7, 11) is 2.91. The first-order valence-corrected chi connectivity index (χ1v) is 6.62. The average Bonchev–Trinajstić information content (AvgIpc) is 2.94. The molecule has 128 valence electrons. The van der Waals surface area contributed by atoms with Gasteiger partial charge in [-0.25, -0.2) is 13.2 Å². The van der Waals surface area contributed by atoms with E-state index in [1.807, 2.05) is 5.32 Å². The lowest BCUT2D eigenvalue weighted by Gasteiger charge is -2.08. The standard InChI is InChI=1S/C14H13F3N4O3/c1-21-6-7(14(20-21)24-2)13(23)18-5-10(22)19-9-4-3-8(15)11(16)12(9)17/h3-4,6H,5H2,1-2H3,(H,18,23)(H,19,22). The van der Waals surface area contributed by atoms with Crippen LogP contribution in [-0.4, -0.2) is 35.2 Å². The van der Waals surface area contributed by atoms with E-state index in [1.54, 1.807) is 7.05 Å². The lowest BCUT2D eigenvalue weighted by atomic mass is 10.2. The minimum absolute atomic E-state index is 0.0714. The summed E-state index contributed by atoms with van der Waals surface area (Å²) in [6.45, 7) is -0.519. The molecule has 0 aliphatic heterocycles. The summed E-state index contributed by atoms with van der Waals surface area (Å²) >= 11 is 0. The Bertz CT molecular complexity index is 792. The van der Waals surface area contributed by atoms with Crippen molar-refractivity contribution >= 4 is 17.5 Å². The zero-order valence-corrected chi connectivity index (χ0v) is 12.7. The topological polar surface area (TPSA) is 85.2 Å². The third kappa shape index (κ3) is 3.65. The van der Waals surface area contributed by atoms with Gasteiger partial charge in [-0.3, -0.25) is 14.3 Å². The van der Waals surface area contributed by atoms with Crippen LogP contribution in [0.5, 0.6) is 5.88 Å². The van der Waals surface area contributed by atoms with E-state index in [1.165, 1.54) is 18.0 Å². The number of hydrogen-bond donors (Lipinski definition) is 2. The molecular weight excluding hydrogens is 329 g/mol. The SMILES string of the molecule is COc1nn(C)cc1C(=O)NCC(=O)Nc1ccc(F)c(F)c1F. The molecule has 0 fully saturated rings. The van der Waals surface area contributed by atoms with Gasteiger partial charge >= 0.3 is 0 Å². The Hall–Kier alpha value is -3.04. The van der Waals surface area contributed by atoms with Gasteiger partial charge in [-0.2, -0.15) is 0 Å². The number of halogens is 3. The van der Waals surface area contributed by atoms with E-state index in [0.29, 0.717) is 6.07 Å².